The van der Waals surface area contributed by atoms with Crippen molar-refractivity contribution in [2.75, 3.05) is 0 Å². The summed E-state index contributed by atoms with van der Waals surface area (Å²) in [5.74, 6) is -1.03. The molecule has 0 aliphatic heterocycles. The van der Waals surface area contributed by atoms with Crippen LogP contribution in [0.15, 0.2) is 21.8 Å². The van der Waals surface area contributed by atoms with Crippen molar-refractivity contribution in [3.8, 4) is 5.13 Å². The summed E-state index contributed by atoms with van der Waals surface area (Å²) in [6, 6.07) is 1.93. The molecule has 0 bridgehead atoms. The van der Waals surface area contributed by atoms with Crippen LogP contribution < -0.4 is 10.4 Å². The summed E-state index contributed by atoms with van der Waals surface area (Å²) >= 11 is 0.493. The van der Waals surface area contributed by atoms with Crippen molar-refractivity contribution >= 4 is 32.4 Å². The van der Waals surface area contributed by atoms with Crippen molar-refractivity contribution in [1.82, 2.24) is 24.1 Å². The molecule has 0 amide bonds. The zero-order valence-corrected chi connectivity index (χ0v) is 16.2. The number of benzene rings is 1. The maximum absolute atomic E-state index is 14.6. The molecule has 0 spiro atoms. The zero-order chi connectivity index (χ0) is 20.4. The van der Waals surface area contributed by atoms with Gasteiger partial charge in [-0.15, -0.1) is 10.2 Å². The van der Waals surface area contributed by atoms with Gasteiger partial charge >= 0.3 is 5.69 Å². The monoisotopic (exact) mass is 433 g/mol. The lowest BCUT2D eigenvalue weighted by molar-refractivity contribution is 0.150. The van der Waals surface area contributed by atoms with Crippen LogP contribution in [0, 0.1) is 5.82 Å². The van der Waals surface area contributed by atoms with E-state index in [4.69, 9.17) is 0 Å². The number of hydrogen-bond donors (Lipinski definition) is 1. The molecule has 0 saturated heterocycles. The first-order valence-corrected chi connectivity index (χ1v) is 10.4. The molecule has 1 fully saturated rings. The van der Waals surface area contributed by atoms with Gasteiger partial charge in [0.2, 0.25) is 15.2 Å². The van der Waals surface area contributed by atoms with Crippen LogP contribution >= 0.6 is 11.3 Å². The number of imidazole rings is 1. The SMILES string of the molecule is Cn1c(=O)n(-c2nnc(C(F)F)s2)c2cc(S(=O)(=O)NC3(C)CC3)c(F)cc21. The van der Waals surface area contributed by atoms with Gasteiger partial charge in [0.25, 0.3) is 6.43 Å². The first-order chi connectivity index (χ1) is 13.0. The van der Waals surface area contributed by atoms with E-state index in [-0.39, 0.29) is 16.2 Å². The Bertz CT molecular complexity index is 1260. The van der Waals surface area contributed by atoms with Crippen molar-refractivity contribution in [3.63, 3.8) is 0 Å². The van der Waals surface area contributed by atoms with E-state index in [1.165, 1.54) is 7.05 Å². The molecule has 28 heavy (non-hydrogen) atoms. The third kappa shape index (κ3) is 3.02. The molecule has 3 aromatic rings. The molecule has 150 valence electrons. The highest BCUT2D eigenvalue weighted by molar-refractivity contribution is 7.89. The quantitative estimate of drug-likeness (QED) is 0.664. The first kappa shape index (κ1) is 19.1. The van der Waals surface area contributed by atoms with Gasteiger partial charge in [-0.05, 0) is 25.8 Å². The standard InChI is InChI=1S/C15H14F3N5O3S2/c1-15(3-4-15)21-28(25,26)10-6-9-8(5-7(10)16)22(2)14(24)23(9)13-20-19-12(27-13)11(17)18/h5-6,11,21H,3-4H2,1-2H3. The Morgan fingerprint density at radius 2 is 1.93 bits per heavy atom. The van der Waals surface area contributed by atoms with E-state index in [0.29, 0.717) is 24.2 Å². The molecule has 1 aromatic carbocycles. The second-order valence-electron chi connectivity index (χ2n) is 6.84. The fraction of sp³-hybridized carbons (Fsp3) is 0.400. The molecule has 2 heterocycles. The van der Waals surface area contributed by atoms with Crippen molar-refractivity contribution in [2.45, 2.75) is 36.6 Å². The van der Waals surface area contributed by atoms with Gasteiger partial charge in [0.05, 0.1) is 11.0 Å². The van der Waals surface area contributed by atoms with Crippen LogP contribution in [0.3, 0.4) is 0 Å². The molecular formula is C15H14F3N5O3S2. The second-order valence-corrected chi connectivity index (χ2v) is 9.48. The third-order valence-corrected chi connectivity index (χ3v) is 7.16. The Kier molecular flexibility index (Phi) is 4.17. The summed E-state index contributed by atoms with van der Waals surface area (Å²) in [5, 5.41) is 6.18. The molecule has 1 aliphatic rings. The number of hydrogen-bond acceptors (Lipinski definition) is 6. The molecule has 4 rings (SSSR count). The van der Waals surface area contributed by atoms with Crippen molar-refractivity contribution in [3.05, 3.63) is 33.4 Å². The van der Waals surface area contributed by atoms with Crippen LogP contribution in [-0.4, -0.2) is 33.3 Å². The maximum atomic E-state index is 14.6. The van der Waals surface area contributed by atoms with Gasteiger partial charge in [-0.25, -0.2) is 35.7 Å². The molecule has 2 aromatic heterocycles. The molecule has 13 heteroatoms. The van der Waals surface area contributed by atoms with E-state index in [0.717, 1.165) is 21.3 Å². The Labute approximate surface area is 160 Å². The molecule has 1 aliphatic carbocycles. The number of sulfonamides is 1. The number of halogens is 3. The Hall–Kier alpha value is -2.25. The molecule has 1 saturated carbocycles. The highest BCUT2D eigenvalue weighted by atomic mass is 32.2. The van der Waals surface area contributed by atoms with E-state index in [1.54, 1.807) is 6.92 Å². The molecule has 0 radical (unpaired) electrons. The Morgan fingerprint density at radius 1 is 1.25 bits per heavy atom. The van der Waals surface area contributed by atoms with Gasteiger partial charge in [-0.2, -0.15) is 0 Å². The minimum absolute atomic E-state index is 0.0205. The lowest BCUT2D eigenvalue weighted by Gasteiger charge is -2.13. The average Bonchev–Trinajstić information content (AvgIpc) is 3.04. The fourth-order valence-corrected chi connectivity index (χ4v) is 5.05. The Morgan fingerprint density at radius 3 is 2.50 bits per heavy atom. The number of aryl methyl sites for hydroxylation is 1. The normalized spacial score (nSPS) is 16.2. The van der Waals surface area contributed by atoms with Gasteiger partial charge in [-0.3, -0.25) is 4.57 Å². The summed E-state index contributed by atoms with van der Waals surface area (Å²) in [7, 11) is -2.84. The summed E-state index contributed by atoms with van der Waals surface area (Å²) in [5.41, 5.74) is -1.20. The lowest BCUT2D eigenvalue weighted by atomic mass is 10.3. The largest absolute Gasteiger partial charge is 0.335 e. The van der Waals surface area contributed by atoms with Crippen molar-refractivity contribution in [2.24, 2.45) is 7.05 Å². The van der Waals surface area contributed by atoms with Gasteiger partial charge in [0.1, 0.15) is 10.7 Å². The molecule has 8 nitrogen and oxygen atoms in total. The van der Waals surface area contributed by atoms with E-state index in [2.05, 4.69) is 14.9 Å². The zero-order valence-electron chi connectivity index (χ0n) is 14.6. The molecular weight excluding hydrogens is 419 g/mol. The first-order valence-electron chi connectivity index (χ1n) is 8.09. The van der Waals surface area contributed by atoms with E-state index < -0.39 is 43.4 Å². The topological polar surface area (TPSA) is 98.9 Å². The van der Waals surface area contributed by atoms with Crippen LogP contribution in [0.1, 0.15) is 31.2 Å². The summed E-state index contributed by atoms with van der Waals surface area (Å²) in [6.07, 6.45) is -1.60. The molecule has 1 N–H and O–H groups in total. The van der Waals surface area contributed by atoms with E-state index in [9.17, 15) is 26.4 Å². The lowest BCUT2D eigenvalue weighted by Crippen LogP contribution is -2.34. The van der Waals surface area contributed by atoms with Crippen LogP contribution in [-0.2, 0) is 17.1 Å². The van der Waals surface area contributed by atoms with Gasteiger partial charge in [0.15, 0.2) is 5.01 Å². The maximum Gasteiger partial charge on any atom is 0.335 e. The average molecular weight is 433 g/mol. The number of nitrogens with zero attached hydrogens (tertiary/aromatic N) is 4. The fourth-order valence-electron chi connectivity index (χ4n) is 2.80. The van der Waals surface area contributed by atoms with Crippen LogP contribution in [0.5, 0.6) is 0 Å². The highest BCUT2D eigenvalue weighted by Gasteiger charge is 2.42. The summed E-state index contributed by atoms with van der Waals surface area (Å²) in [4.78, 5) is 11.9. The number of alkyl halides is 2. The van der Waals surface area contributed by atoms with E-state index >= 15 is 0 Å². The van der Waals surface area contributed by atoms with Crippen LogP contribution in [0.25, 0.3) is 16.2 Å². The van der Waals surface area contributed by atoms with Gasteiger partial charge in [-0.1, -0.05) is 11.3 Å². The van der Waals surface area contributed by atoms with E-state index in [1.807, 2.05) is 0 Å². The minimum atomic E-state index is -4.19. The van der Waals surface area contributed by atoms with Gasteiger partial charge < -0.3 is 0 Å². The summed E-state index contributed by atoms with van der Waals surface area (Å²) in [6.45, 7) is 1.70. The number of rotatable bonds is 5. The predicted octanol–water partition coefficient (Wildman–Crippen LogP) is 2.09. The van der Waals surface area contributed by atoms with Crippen molar-refractivity contribution < 1.29 is 21.6 Å². The predicted molar refractivity (Wildman–Crippen MR) is 94.9 cm³/mol. The molecule has 0 atom stereocenters. The third-order valence-electron chi connectivity index (χ3n) is 4.59. The Balaban J connectivity index is 1.94. The smallest absolute Gasteiger partial charge is 0.295 e. The molecule has 0 unspecified atom stereocenters. The highest BCUT2D eigenvalue weighted by Crippen LogP contribution is 2.36. The summed E-state index contributed by atoms with van der Waals surface area (Å²) < 4.78 is 69.9. The number of fused-ring (bicyclic) bond motifs is 1. The van der Waals surface area contributed by atoms with Crippen LogP contribution in [0.4, 0.5) is 13.2 Å². The minimum Gasteiger partial charge on any atom is -0.295 e. The number of aromatic nitrogens is 4. The number of nitrogens with one attached hydrogen (secondary N) is 1. The van der Waals surface area contributed by atoms with Crippen molar-refractivity contribution in [1.29, 1.82) is 0 Å². The van der Waals surface area contributed by atoms with Gasteiger partial charge in [0, 0.05) is 18.7 Å². The second kappa shape index (κ2) is 6.12. The van der Waals surface area contributed by atoms with Crippen LogP contribution in [0.2, 0.25) is 0 Å².